The summed E-state index contributed by atoms with van der Waals surface area (Å²) in [4.78, 5) is 17.9. The van der Waals surface area contributed by atoms with Gasteiger partial charge in [-0.25, -0.2) is 0 Å². The minimum absolute atomic E-state index is 0.00757. The predicted octanol–water partition coefficient (Wildman–Crippen LogP) is 3.47. The number of nitrogens with zero attached hydrogens (tertiary/aromatic N) is 1. The maximum absolute atomic E-state index is 12.7. The maximum atomic E-state index is 12.7. The van der Waals surface area contributed by atoms with Gasteiger partial charge in [0, 0.05) is 36.3 Å². The van der Waals surface area contributed by atoms with E-state index in [1.165, 1.54) is 5.69 Å². The third-order valence-corrected chi connectivity index (χ3v) is 5.97. The Balaban J connectivity index is 1.60. The predicted molar refractivity (Wildman–Crippen MR) is 87.2 cm³/mol. The molecule has 0 fully saturated rings. The molecule has 2 aliphatic heterocycles. The summed E-state index contributed by atoms with van der Waals surface area (Å²) in [5.74, 6) is 1.33. The van der Waals surface area contributed by atoms with E-state index < -0.39 is 0 Å². The molecule has 2 aromatic rings. The summed E-state index contributed by atoms with van der Waals surface area (Å²) in [5, 5.41) is 0. The number of benzene rings is 1. The van der Waals surface area contributed by atoms with E-state index in [1.54, 1.807) is 18.2 Å². The van der Waals surface area contributed by atoms with Gasteiger partial charge in [-0.05, 0) is 50.1 Å². The van der Waals surface area contributed by atoms with Gasteiger partial charge in [0.1, 0.15) is 0 Å². The molecule has 22 heavy (non-hydrogen) atoms. The number of halogens is 2. The van der Waals surface area contributed by atoms with E-state index in [2.05, 4.69) is 36.8 Å². The number of hydrogen-bond donors (Lipinski definition) is 1. The minimum atomic E-state index is 0.00757. The van der Waals surface area contributed by atoms with Gasteiger partial charge in [0.2, 0.25) is 6.79 Å². The molecule has 0 saturated heterocycles. The lowest BCUT2D eigenvalue weighted by atomic mass is 10.1. The fraction of sp³-hybridized carbons (Fsp3) is 0.267. The molecule has 1 N–H and O–H groups in total. The lowest BCUT2D eigenvalue weighted by Gasteiger charge is -2.27. The minimum Gasteiger partial charge on any atom is -0.454 e. The summed E-state index contributed by atoms with van der Waals surface area (Å²) in [6, 6.07) is 5.32. The highest BCUT2D eigenvalue weighted by molar-refractivity contribution is 9.13. The number of hydrogen-bond acceptors (Lipinski definition) is 3. The molecule has 2 aliphatic rings. The Bertz CT molecular complexity index is 772. The number of rotatable bonds is 1. The molecule has 1 aromatic carbocycles. The van der Waals surface area contributed by atoms with Crippen LogP contribution >= 0.6 is 31.9 Å². The molecule has 114 valence electrons. The zero-order valence-electron chi connectivity index (χ0n) is 11.5. The third kappa shape index (κ3) is 2.23. The highest BCUT2D eigenvalue weighted by Gasteiger charge is 2.27. The number of amides is 1. The number of carbonyl (C=O) groups excluding carboxylic acids is 1. The summed E-state index contributed by atoms with van der Waals surface area (Å²) in [5.41, 5.74) is 2.93. The van der Waals surface area contributed by atoms with Gasteiger partial charge in [-0.2, -0.15) is 0 Å². The number of ether oxygens (including phenoxy) is 2. The largest absolute Gasteiger partial charge is 0.454 e. The lowest BCUT2D eigenvalue weighted by Crippen LogP contribution is -2.35. The number of nitrogens with one attached hydrogen (secondary N) is 1. The van der Waals surface area contributed by atoms with Crippen LogP contribution in [0.25, 0.3) is 0 Å². The van der Waals surface area contributed by atoms with Crippen molar-refractivity contribution in [2.45, 2.75) is 13.0 Å². The molecule has 0 bridgehead atoms. The van der Waals surface area contributed by atoms with Gasteiger partial charge in [-0.3, -0.25) is 4.79 Å². The van der Waals surface area contributed by atoms with Crippen LogP contribution in [0, 0.1) is 0 Å². The molecule has 0 atom stereocenters. The molecule has 0 spiro atoms. The van der Waals surface area contributed by atoms with E-state index in [0.717, 1.165) is 21.1 Å². The van der Waals surface area contributed by atoms with Crippen LogP contribution in [0.4, 0.5) is 0 Å². The van der Waals surface area contributed by atoms with Gasteiger partial charge in [0.15, 0.2) is 11.5 Å². The van der Waals surface area contributed by atoms with E-state index in [9.17, 15) is 4.79 Å². The second-order valence-corrected chi connectivity index (χ2v) is 6.84. The van der Waals surface area contributed by atoms with Gasteiger partial charge in [0.05, 0.1) is 9.08 Å². The summed E-state index contributed by atoms with van der Waals surface area (Å²) < 4.78 is 12.5. The van der Waals surface area contributed by atoms with E-state index in [-0.39, 0.29) is 12.7 Å². The zero-order chi connectivity index (χ0) is 15.3. The van der Waals surface area contributed by atoms with Gasteiger partial charge in [-0.1, -0.05) is 0 Å². The first kappa shape index (κ1) is 14.1. The molecule has 4 rings (SSSR count). The van der Waals surface area contributed by atoms with Gasteiger partial charge < -0.3 is 19.4 Å². The van der Waals surface area contributed by atoms with Crippen molar-refractivity contribution in [3.63, 3.8) is 0 Å². The Kier molecular flexibility index (Phi) is 3.41. The zero-order valence-corrected chi connectivity index (χ0v) is 14.7. The van der Waals surface area contributed by atoms with Crippen LogP contribution in [0.5, 0.6) is 11.5 Å². The van der Waals surface area contributed by atoms with Gasteiger partial charge >= 0.3 is 0 Å². The second-order valence-electron chi connectivity index (χ2n) is 5.25. The molecule has 0 saturated carbocycles. The fourth-order valence-electron chi connectivity index (χ4n) is 2.81. The monoisotopic (exact) mass is 426 g/mol. The Morgan fingerprint density at radius 3 is 2.91 bits per heavy atom. The van der Waals surface area contributed by atoms with E-state index in [1.807, 2.05) is 4.90 Å². The first-order valence-electron chi connectivity index (χ1n) is 6.87. The lowest BCUT2D eigenvalue weighted by molar-refractivity contribution is 0.0733. The van der Waals surface area contributed by atoms with E-state index in [0.29, 0.717) is 30.2 Å². The number of fused-ring (bicyclic) bond motifs is 2. The Labute approximate surface area is 143 Å². The molecule has 0 unspecified atom stereocenters. The van der Waals surface area contributed by atoms with Crippen LogP contribution in [-0.2, 0) is 13.0 Å². The Hall–Kier alpha value is -1.47. The standard InChI is InChI=1S/C15H12Br2N2O3/c16-13-9-6-19(4-3-10(9)18-14(13)17)15(20)8-1-2-11-12(5-8)22-7-21-11/h1-2,5,18H,3-4,6-7H2. The third-order valence-electron chi connectivity index (χ3n) is 3.97. The number of aromatic nitrogens is 1. The van der Waals surface area contributed by atoms with Crippen molar-refractivity contribution in [1.82, 2.24) is 9.88 Å². The molecular weight excluding hydrogens is 416 g/mol. The van der Waals surface area contributed by atoms with Crippen LogP contribution in [0.15, 0.2) is 27.3 Å². The molecular formula is C15H12Br2N2O3. The molecule has 7 heteroatoms. The van der Waals surface area contributed by atoms with Crippen molar-refractivity contribution in [3.05, 3.63) is 44.1 Å². The summed E-state index contributed by atoms with van der Waals surface area (Å²) in [6.45, 7) is 1.50. The summed E-state index contributed by atoms with van der Waals surface area (Å²) in [6.07, 6.45) is 0.815. The van der Waals surface area contributed by atoms with E-state index in [4.69, 9.17) is 9.47 Å². The van der Waals surface area contributed by atoms with Crippen LogP contribution < -0.4 is 9.47 Å². The topological polar surface area (TPSA) is 54.6 Å². The smallest absolute Gasteiger partial charge is 0.254 e. The number of aromatic amines is 1. The SMILES string of the molecule is O=C(c1ccc2c(c1)OCO2)N1CCc2[nH]c(Br)c(Br)c2C1. The van der Waals surface area contributed by atoms with Gasteiger partial charge in [-0.15, -0.1) is 0 Å². The normalized spacial score (nSPS) is 15.8. The number of carbonyl (C=O) groups is 1. The van der Waals surface area contributed by atoms with Crippen molar-refractivity contribution in [2.24, 2.45) is 0 Å². The van der Waals surface area contributed by atoms with Crippen molar-refractivity contribution in [2.75, 3.05) is 13.3 Å². The molecule has 0 radical (unpaired) electrons. The molecule has 3 heterocycles. The van der Waals surface area contributed by atoms with E-state index >= 15 is 0 Å². The average molecular weight is 428 g/mol. The maximum Gasteiger partial charge on any atom is 0.254 e. The first-order chi connectivity index (χ1) is 10.6. The Morgan fingerprint density at radius 2 is 2.05 bits per heavy atom. The highest BCUT2D eigenvalue weighted by Crippen LogP contribution is 2.35. The summed E-state index contributed by atoms with van der Waals surface area (Å²) in [7, 11) is 0. The van der Waals surface area contributed by atoms with Crippen molar-refractivity contribution < 1.29 is 14.3 Å². The van der Waals surface area contributed by atoms with Crippen LogP contribution in [0.1, 0.15) is 21.6 Å². The highest BCUT2D eigenvalue weighted by atomic mass is 79.9. The first-order valence-corrected chi connectivity index (χ1v) is 8.45. The van der Waals surface area contributed by atoms with Crippen LogP contribution in [-0.4, -0.2) is 29.1 Å². The molecule has 5 nitrogen and oxygen atoms in total. The number of H-pyrrole nitrogens is 1. The van der Waals surface area contributed by atoms with Crippen molar-refractivity contribution >= 4 is 37.8 Å². The fourth-order valence-corrected chi connectivity index (χ4v) is 3.75. The molecule has 1 aromatic heterocycles. The second kappa shape index (κ2) is 5.31. The average Bonchev–Trinajstić information content (AvgIpc) is 3.11. The van der Waals surface area contributed by atoms with Gasteiger partial charge in [0.25, 0.3) is 5.91 Å². The quantitative estimate of drug-likeness (QED) is 0.758. The summed E-state index contributed by atoms with van der Waals surface area (Å²) >= 11 is 7.03. The van der Waals surface area contributed by atoms with Crippen LogP contribution in [0.2, 0.25) is 0 Å². The molecule has 1 amide bonds. The van der Waals surface area contributed by atoms with Crippen LogP contribution in [0.3, 0.4) is 0 Å². The molecule has 0 aliphatic carbocycles. The van der Waals surface area contributed by atoms with Crippen molar-refractivity contribution in [3.8, 4) is 11.5 Å². The Morgan fingerprint density at radius 1 is 1.23 bits per heavy atom. The van der Waals surface area contributed by atoms with Crippen molar-refractivity contribution in [1.29, 1.82) is 0 Å².